The Morgan fingerprint density at radius 1 is 0.267 bits per heavy atom. The lowest BCUT2D eigenvalue weighted by molar-refractivity contribution is 0.593. The van der Waals surface area contributed by atoms with Crippen LogP contribution in [0.15, 0.2) is 0 Å². The Morgan fingerprint density at radius 3 is 0.600 bits per heavy atom. The van der Waals surface area contributed by atoms with Crippen LogP contribution in [0.2, 0.25) is 0 Å². The monoisotopic (exact) mass is 430 g/mol. The lowest BCUT2D eigenvalue weighted by atomic mass is 10.1. The van der Waals surface area contributed by atoms with Gasteiger partial charge in [0.2, 0.25) is 0 Å². The van der Waals surface area contributed by atoms with Crippen molar-refractivity contribution in [2.75, 3.05) is 19.6 Å². The second-order valence-corrected chi connectivity index (χ2v) is 8.73. The Bertz CT molecular complexity index is 172. The molecule has 0 radical (unpaired) electrons. The van der Waals surface area contributed by atoms with Gasteiger partial charge in [-0.1, -0.05) is 136 Å². The molecule has 0 bridgehead atoms. The van der Waals surface area contributed by atoms with Gasteiger partial charge in [0.25, 0.3) is 0 Å². The van der Waals surface area contributed by atoms with E-state index in [4.69, 9.17) is 17.2 Å². The number of unbranched alkanes of at least 4 members (excludes halogenated alkanes) is 18. The molecular formula is C27H63N3. The van der Waals surface area contributed by atoms with E-state index in [0.717, 1.165) is 19.6 Å². The molecule has 0 spiro atoms. The van der Waals surface area contributed by atoms with Gasteiger partial charge in [0.05, 0.1) is 0 Å². The number of nitrogens with two attached hydrogens (primary N) is 3. The zero-order chi connectivity index (χ0) is 23.0. The molecule has 0 aromatic rings. The van der Waals surface area contributed by atoms with E-state index in [2.05, 4.69) is 20.8 Å². The first-order valence-electron chi connectivity index (χ1n) is 13.8. The Balaban J connectivity index is -0.000000364. The standard InChI is InChI=1S/3C9H21N/c3*1-2-3-4-5-6-7-8-9-10/h3*2-10H2,1H3. The van der Waals surface area contributed by atoms with E-state index in [1.54, 1.807) is 0 Å². The average molecular weight is 430 g/mol. The molecular weight excluding hydrogens is 366 g/mol. The van der Waals surface area contributed by atoms with Crippen LogP contribution in [-0.4, -0.2) is 19.6 Å². The van der Waals surface area contributed by atoms with Crippen LogP contribution in [-0.2, 0) is 0 Å². The third kappa shape index (κ3) is 46.2. The molecule has 0 aromatic heterocycles. The zero-order valence-electron chi connectivity index (χ0n) is 21.7. The fourth-order valence-corrected chi connectivity index (χ4v) is 3.30. The molecule has 0 amide bonds. The summed E-state index contributed by atoms with van der Waals surface area (Å²) >= 11 is 0. The normalized spacial score (nSPS) is 10.2. The fraction of sp³-hybridized carbons (Fsp3) is 1.00. The van der Waals surface area contributed by atoms with Crippen molar-refractivity contribution < 1.29 is 0 Å². The molecule has 0 saturated carbocycles. The first-order chi connectivity index (χ1) is 14.7. The summed E-state index contributed by atoms with van der Waals surface area (Å²) < 4.78 is 0. The van der Waals surface area contributed by atoms with Crippen LogP contribution in [0.3, 0.4) is 0 Å². The molecule has 3 nitrogen and oxygen atoms in total. The summed E-state index contributed by atoms with van der Waals surface area (Å²) in [6.07, 6.45) is 28.5. The molecule has 186 valence electrons. The van der Waals surface area contributed by atoms with Crippen LogP contribution in [0.5, 0.6) is 0 Å². The van der Waals surface area contributed by atoms with Crippen LogP contribution in [0.4, 0.5) is 0 Å². The van der Waals surface area contributed by atoms with Crippen molar-refractivity contribution in [3.63, 3.8) is 0 Å². The second-order valence-electron chi connectivity index (χ2n) is 8.73. The maximum Gasteiger partial charge on any atom is -0.00773 e. The minimum atomic E-state index is 0.869. The molecule has 0 rings (SSSR count). The lowest BCUT2D eigenvalue weighted by Crippen LogP contribution is -1.97. The minimum Gasteiger partial charge on any atom is -0.330 e. The highest BCUT2D eigenvalue weighted by Crippen LogP contribution is 2.07. The Labute approximate surface area is 192 Å². The maximum atomic E-state index is 5.37. The van der Waals surface area contributed by atoms with E-state index in [1.807, 2.05) is 0 Å². The van der Waals surface area contributed by atoms with Crippen LogP contribution in [0.1, 0.15) is 156 Å². The van der Waals surface area contributed by atoms with Crippen LogP contribution >= 0.6 is 0 Å². The van der Waals surface area contributed by atoms with Crippen LogP contribution < -0.4 is 17.2 Å². The van der Waals surface area contributed by atoms with Gasteiger partial charge < -0.3 is 17.2 Å². The molecule has 0 aliphatic heterocycles. The fourth-order valence-electron chi connectivity index (χ4n) is 3.30. The SMILES string of the molecule is CCCCCCCCCN.CCCCCCCCCN.CCCCCCCCCN. The molecule has 0 fully saturated rings. The summed E-state index contributed by atoms with van der Waals surface area (Å²) in [7, 11) is 0. The number of hydrogen-bond donors (Lipinski definition) is 3. The summed E-state index contributed by atoms with van der Waals surface area (Å²) in [6.45, 7) is 9.36. The molecule has 0 saturated heterocycles. The van der Waals surface area contributed by atoms with Crippen LogP contribution in [0.25, 0.3) is 0 Å². The van der Waals surface area contributed by atoms with Crippen LogP contribution in [0, 0.1) is 0 Å². The summed E-state index contributed by atoms with van der Waals surface area (Å²) in [6, 6.07) is 0. The summed E-state index contributed by atoms with van der Waals surface area (Å²) in [4.78, 5) is 0. The molecule has 30 heavy (non-hydrogen) atoms. The third-order valence-electron chi connectivity index (χ3n) is 5.42. The van der Waals surface area contributed by atoms with E-state index in [-0.39, 0.29) is 0 Å². The van der Waals surface area contributed by atoms with Gasteiger partial charge in [-0.3, -0.25) is 0 Å². The van der Waals surface area contributed by atoms with E-state index in [1.165, 1.54) is 135 Å². The van der Waals surface area contributed by atoms with Crippen molar-refractivity contribution >= 4 is 0 Å². The highest BCUT2D eigenvalue weighted by atomic mass is 14.5. The largest absolute Gasteiger partial charge is 0.330 e. The molecule has 0 aliphatic rings. The smallest absolute Gasteiger partial charge is 0.00773 e. The molecule has 0 heterocycles. The third-order valence-corrected chi connectivity index (χ3v) is 5.42. The Morgan fingerprint density at radius 2 is 0.433 bits per heavy atom. The van der Waals surface area contributed by atoms with Gasteiger partial charge in [-0.15, -0.1) is 0 Å². The molecule has 0 unspecified atom stereocenters. The number of rotatable bonds is 21. The van der Waals surface area contributed by atoms with Gasteiger partial charge in [0.1, 0.15) is 0 Å². The minimum absolute atomic E-state index is 0.869. The van der Waals surface area contributed by atoms with Crippen molar-refractivity contribution in [2.24, 2.45) is 17.2 Å². The predicted molar refractivity (Wildman–Crippen MR) is 141 cm³/mol. The van der Waals surface area contributed by atoms with Crippen molar-refractivity contribution in [1.82, 2.24) is 0 Å². The zero-order valence-corrected chi connectivity index (χ0v) is 21.7. The van der Waals surface area contributed by atoms with E-state index < -0.39 is 0 Å². The number of hydrogen-bond acceptors (Lipinski definition) is 3. The Hall–Kier alpha value is -0.120. The first-order valence-corrected chi connectivity index (χ1v) is 13.8. The highest BCUT2D eigenvalue weighted by Gasteiger charge is 1.89. The van der Waals surface area contributed by atoms with Crippen molar-refractivity contribution in [2.45, 2.75) is 156 Å². The summed E-state index contributed by atoms with van der Waals surface area (Å²) in [5.41, 5.74) is 16.1. The summed E-state index contributed by atoms with van der Waals surface area (Å²) in [5.74, 6) is 0. The molecule has 6 N–H and O–H groups in total. The molecule has 0 aromatic carbocycles. The second kappa shape index (κ2) is 39.4. The topological polar surface area (TPSA) is 78.1 Å². The lowest BCUT2D eigenvalue weighted by Gasteiger charge is -1.97. The van der Waals surface area contributed by atoms with Crippen molar-refractivity contribution in [3.8, 4) is 0 Å². The van der Waals surface area contributed by atoms with E-state index in [9.17, 15) is 0 Å². The van der Waals surface area contributed by atoms with Gasteiger partial charge in [-0.05, 0) is 38.9 Å². The quantitative estimate of drug-likeness (QED) is 0.161. The average Bonchev–Trinajstić information content (AvgIpc) is 2.77. The molecule has 0 aliphatic carbocycles. The van der Waals surface area contributed by atoms with E-state index >= 15 is 0 Å². The maximum absolute atomic E-state index is 5.37. The van der Waals surface area contributed by atoms with Gasteiger partial charge in [-0.25, -0.2) is 0 Å². The first kappa shape index (κ1) is 34.5. The van der Waals surface area contributed by atoms with Gasteiger partial charge >= 0.3 is 0 Å². The van der Waals surface area contributed by atoms with E-state index in [0.29, 0.717) is 0 Å². The highest BCUT2D eigenvalue weighted by molar-refractivity contribution is 4.46. The predicted octanol–water partition coefficient (Wildman–Crippen LogP) is 8.09. The van der Waals surface area contributed by atoms with Crippen molar-refractivity contribution in [1.29, 1.82) is 0 Å². The van der Waals surface area contributed by atoms with Gasteiger partial charge in [0, 0.05) is 0 Å². The molecule has 0 atom stereocenters. The van der Waals surface area contributed by atoms with Gasteiger partial charge in [0.15, 0.2) is 0 Å². The Kier molecular flexibility index (Phi) is 45.3. The molecule has 3 heteroatoms. The summed E-state index contributed by atoms with van der Waals surface area (Å²) in [5, 5.41) is 0. The van der Waals surface area contributed by atoms with Gasteiger partial charge in [-0.2, -0.15) is 0 Å². The van der Waals surface area contributed by atoms with Crippen molar-refractivity contribution in [3.05, 3.63) is 0 Å².